The van der Waals surface area contributed by atoms with Crippen molar-refractivity contribution in [2.75, 3.05) is 54.4 Å². The van der Waals surface area contributed by atoms with E-state index in [9.17, 15) is 9.59 Å². The predicted molar refractivity (Wildman–Crippen MR) is 185 cm³/mol. The molecule has 5 aromatic rings. The van der Waals surface area contributed by atoms with Crippen molar-refractivity contribution in [1.29, 1.82) is 0 Å². The van der Waals surface area contributed by atoms with Crippen LogP contribution in [0.4, 0.5) is 5.69 Å². The Morgan fingerprint density at radius 3 is 1.85 bits per heavy atom. The zero-order chi connectivity index (χ0) is 32.2. The second-order valence-electron chi connectivity index (χ2n) is 12.2. The van der Waals surface area contributed by atoms with Gasteiger partial charge < -0.3 is 25.4 Å². The van der Waals surface area contributed by atoms with Crippen LogP contribution in [-0.2, 0) is 6.42 Å². The number of aromatic amines is 1. The third-order valence-electron chi connectivity index (χ3n) is 8.10. The number of carbonyl (C=O) groups is 2. The van der Waals surface area contributed by atoms with Gasteiger partial charge in [0.15, 0.2) is 0 Å². The van der Waals surface area contributed by atoms with Gasteiger partial charge in [-0.3, -0.25) is 14.6 Å². The van der Waals surface area contributed by atoms with E-state index in [2.05, 4.69) is 45.9 Å². The number of nitrogens with zero attached hydrogens (tertiary/aromatic N) is 4. The molecule has 9 heteroatoms. The number of benzene rings is 4. The first-order chi connectivity index (χ1) is 22.2. The average Bonchev–Trinajstić information content (AvgIpc) is 3.68. The maximum atomic E-state index is 12.5. The maximum Gasteiger partial charge on any atom is 0.251 e. The minimum atomic E-state index is -0.0814. The molecular weight excluding hydrogens is 574 g/mol. The monoisotopic (exact) mass is 613 g/mol. The molecule has 0 radical (unpaired) electrons. The number of amides is 2. The molecule has 2 amide bonds. The van der Waals surface area contributed by atoms with Gasteiger partial charge in [-0.2, -0.15) is 0 Å². The summed E-state index contributed by atoms with van der Waals surface area (Å²) < 4.78 is 0. The van der Waals surface area contributed by atoms with Gasteiger partial charge in [-0.05, 0) is 92.9 Å². The fourth-order valence-corrected chi connectivity index (χ4v) is 5.44. The summed E-state index contributed by atoms with van der Waals surface area (Å²) >= 11 is 0. The first kappa shape index (κ1) is 30.9. The van der Waals surface area contributed by atoms with Gasteiger partial charge in [0.05, 0.1) is 22.4 Å². The van der Waals surface area contributed by atoms with Crippen molar-refractivity contribution in [3.63, 3.8) is 0 Å². The first-order valence-electron chi connectivity index (χ1n) is 15.5. The van der Waals surface area contributed by atoms with Crippen LogP contribution in [0.5, 0.6) is 0 Å². The molecule has 1 aromatic heterocycles. The Bertz CT molecular complexity index is 1910. The van der Waals surface area contributed by atoms with Crippen LogP contribution in [0.25, 0.3) is 33.5 Å². The highest BCUT2D eigenvalue weighted by Gasteiger charge is 2.18. The summed E-state index contributed by atoms with van der Waals surface area (Å²) in [6.07, 6.45) is 0.753. The van der Waals surface area contributed by atoms with Crippen molar-refractivity contribution in [3.05, 3.63) is 107 Å². The fourth-order valence-electron chi connectivity index (χ4n) is 5.44. The minimum absolute atomic E-state index is 0.0651. The molecule has 2 heterocycles. The zero-order valence-electron chi connectivity index (χ0n) is 26.7. The van der Waals surface area contributed by atoms with Gasteiger partial charge in [0.25, 0.3) is 11.8 Å². The number of aliphatic imine (C=N–C) groups is 1. The predicted octanol–water partition coefficient (Wildman–Crippen LogP) is 5.16. The number of imidazole rings is 1. The van der Waals surface area contributed by atoms with Crippen molar-refractivity contribution in [2.24, 2.45) is 4.99 Å². The molecule has 9 nitrogen and oxygen atoms in total. The zero-order valence-corrected chi connectivity index (χ0v) is 26.7. The average molecular weight is 614 g/mol. The van der Waals surface area contributed by atoms with E-state index in [0.717, 1.165) is 70.0 Å². The number of nitrogens with one attached hydrogen (secondary N) is 3. The molecule has 0 spiro atoms. The Hall–Kier alpha value is -5.12. The van der Waals surface area contributed by atoms with E-state index < -0.39 is 0 Å². The van der Waals surface area contributed by atoms with Crippen LogP contribution in [-0.4, -0.2) is 91.7 Å². The Labute approximate surface area is 269 Å². The van der Waals surface area contributed by atoms with Crippen LogP contribution in [0.2, 0.25) is 0 Å². The molecule has 1 aliphatic rings. The second-order valence-corrected chi connectivity index (χ2v) is 12.2. The number of H-pyrrole nitrogens is 1. The Morgan fingerprint density at radius 2 is 1.24 bits per heavy atom. The standard InChI is InChI=1S/C37H39N7O2/c1-43(2)19-17-38-36(45)26-9-5-24(6-10-26)32-23-30-14-13-28(21-33(30)40-32)29-15-16-31-34(22-29)42-35(41-31)25-7-11-27(12-8-25)37(46)39-18-20-44(3)4/h5-16,21-22H,17-20,23H2,1-4H3,(H,38,45)(H,39,46)(H,41,42). The summed E-state index contributed by atoms with van der Waals surface area (Å²) in [6, 6.07) is 27.8. The Kier molecular flexibility index (Phi) is 9.05. The number of hydrogen-bond acceptors (Lipinski definition) is 6. The molecule has 0 atom stereocenters. The van der Waals surface area contributed by atoms with Gasteiger partial charge in [-0.15, -0.1) is 0 Å². The lowest BCUT2D eigenvalue weighted by atomic mass is 9.99. The van der Waals surface area contributed by atoms with Gasteiger partial charge >= 0.3 is 0 Å². The topological polar surface area (TPSA) is 106 Å². The smallest absolute Gasteiger partial charge is 0.251 e. The SMILES string of the molecule is CN(C)CCNC(=O)c1ccc(C2=Nc3cc(-c4ccc5nc(-c6ccc(C(=O)NCCN(C)C)cc6)[nH]c5c4)ccc3C2)cc1. The molecule has 1 aliphatic heterocycles. The summed E-state index contributed by atoms with van der Waals surface area (Å²) in [5.41, 5.74) is 10.3. The quantitative estimate of drug-likeness (QED) is 0.191. The number of rotatable bonds is 11. The molecule has 0 saturated heterocycles. The molecule has 0 aliphatic carbocycles. The summed E-state index contributed by atoms with van der Waals surface area (Å²) in [4.78, 5) is 42.2. The molecule has 234 valence electrons. The number of fused-ring (bicyclic) bond motifs is 2. The second kappa shape index (κ2) is 13.5. The van der Waals surface area contributed by atoms with E-state index in [4.69, 9.17) is 9.98 Å². The number of likely N-dealkylation sites (N-methyl/N-ethyl adjacent to an activating group) is 2. The van der Waals surface area contributed by atoms with Crippen molar-refractivity contribution in [1.82, 2.24) is 30.4 Å². The Morgan fingerprint density at radius 1 is 0.696 bits per heavy atom. The van der Waals surface area contributed by atoms with E-state index in [1.54, 1.807) is 0 Å². The molecule has 0 unspecified atom stereocenters. The fraction of sp³-hybridized carbons (Fsp3) is 0.243. The van der Waals surface area contributed by atoms with Gasteiger partial charge in [0.1, 0.15) is 5.82 Å². The molecule has 3 N–H and O–H groups in total. The largest absolute Gasteiger partial charge is 0.351 e. The third kappa shape index (κ3) is 7.06. The summed E-state index contributed by atoms with van der Waals surface area (Å²) in [7, 11) is 7.93. The van der Waals surface area contributed by atoms with Gasteiger partial charge in [-0.1, -0.05) is 42.5 Å². The molecule has 0 bridgehead atoms. The summed E-state index contributed by atoms with van der Waals surface area (Å²) in [6.45, 7) is 2.80. The van der Waals surface area contributed by atoms with E-state index >= 15 is 0 Å². The van der Waals surface area contributed by atoms with E-state index in [0.29, 0.717) is 24.2 Å². The van der Waals surface area contributed by atoms with Gasteiger partial charge in [0.2, 0.25) is 0 Å². The van der Waals surface area contributed by atoms with Crippen LogP contribution in [0.1, 0.15) is 31.8 Å². The normalized spacial score (nSPS) is 12.4. The van der Waals surface area contributed by atoms with Crippen LogP contribution < -0.4 is 10.6 Å². The summed E-state index contributed by atoms with van der Waals surface area (Å²) in [5.74, 6) is 0.610. The number of aromatic nitrogens is 2. The number of carbonyl (C=O) groups excluding carboxylic acids is 2. The molecule has 46 heavy (non-hydrogen) atoms. The van der Waals surface area contributed by atoms with E-state index in [1.807, 2.05) is 92.6 Å². The molecular formula is C37H39N7O2. The highest BCUT2D eigenvalue weighted by molar-refractivity contribution is 6.07. The van der Waals surface area contributed by atoms with E-state index in [-0.39, 0.29) is 11.8 Å². The van der Waals surface area contributed by atoms with Gasteiger partial charge in [-0.25, -0.2) is 4.98 Å². The molecule has 6 rings (SSSR count). The lowest BCUT2D eigenvalue weighted by Crippen LogP contribution is -2.31. The third-order valence-corrected chi connectivity index (χ3v) is 8.10. The van der Waals surface area contributed by atoms with E-state index in [1.165, 1.54) is 5.56 Å². The molecule has 0 saturated carbocycles. The van der Waals surface area contributed by atoms with Crippen LogP contribution >= 0.6 is 0 Å². The van der Waals surface area contributed by atoms with Crippen molar-refractivity contribution >= 4 is 34.2 Å². The first-order valence-corrected chi connectivity index (χ1v) is 15.5. The minimum Gasteiger partial charge on any atom is -0.351 e. The maximum absolute atomic E-state index is 12.5. The van der Waals surface area contributed by atoms with Crippen LogP contribution in [0.3, 0.4) is 0 Å². The van der Waals surface area contributed by atoms with Crippen molar-refractivity contribution in [2.45, 2.75) is 6.42 Å². The van der Waals surface area contributed by atoms with Gasteiger partial charge in [0, 0.05) is 49.3 Å². The molecule has 0 fully saturated rings. The van der Waals surface area contributed by atoms with Crippen LogP contribution in [0.15, 0.2) is 89.9 Å². The van der Waals surface area contributed by atoms with Crippen molar-refractivity contribution in [3.8, 4) is 22.5 Å². The Balaban J connectivity index is 1.14. The number of hydrogen-bond donors (Lipinski definition) is 3. The highest BCUT2D eigenvalue weighted by Crippen LogP contribution is 2.34. The van der Waals surface area contributed by atoms with Crippen LogP contribution in [0, 0.1) is 0 Å². The lowest BCUT2D eigenvalue weighted by Gasteiger charge is -2.10. The van der Waals surface area contributed by atoms with Crippen molar-refractivity contribution < 1.29 is 9.59 Å². The lowest BCUT2D eigenvalue weighted by molar-refractivity contribution is 0.0942. The highest BCUT2D eigenvalue weighted by atomic mass is 16.2. The summed E-state index contributed by atoms with van der Waals surface area (Å²) in [5, 5.41) is 5.90. The molecule has 4 aromatic carbocycles.